The van der Waals surface area contributed by atoms with E-state index in [9.17, 15) is 13.6 Å². The molecule has 1 saturated heterocycles. The number of fused-ring (bicyclic) bond motifs is 2. The lowest BCUT2D eigenvalue weighted by Crippen LogP contribution is -2.24. The van der Waals surface area contributed by atoms with Crippen LogP contribution in [0.5, 0.6) is 0 Å². The van der Waals surface area contributed by atoms with Gasteiger partial charge in [-0.3, -0.25) is 9.20 Å². The number of hydrogen-bond acceptors (Lipinski definition) is 7. The molecular weight excluding hydrogens is 462 g/mol. The Hall–Kier alpha value is -3.08. The monoisotopic (exact) mass is 482 g/mol. The van der Waals surface area contributed by atoms with Gasteiger partial charge in [0.15, 0.2) is 5.65 Å². The molecule has 0 amide bonds. The van der Waals surface area contributed by atoms with Crippen LogP contribution in [0.1, 0.15) is 51.7 Å². The molecule has 5 heterocycles. The summed E-state index contributed by atoms with van der Waals surface area (Å²) in [6.45, 7) is 2.87. The van der Waals surface area contributed by atoms with Crippen LogP contribution in [0, 0.1) is 18.6 Å². The van der Waals surface area contributed by atoms with Crippen molar-refractivity contribution >= 4 is 17.0 Å². The summed E-state index contributed by atoms with van der Waals surface area (Å²) in [5.41, 5.74) is 1.92. The summed E-state index contributed by atoms with van der Waals surface area (Å²) in [6, 6.07) is 3.32. The standard InChI is InChI=1S/C24H20F2N4O3S/c1-12-27-8-21(34-12)20-6-13(4-5-33-20)18-9-30-23(29-19-11-32-10-16(19)24(30)31)22(28-18)15-3-2-14(25)7-17(15)26/h2-3,7-9,13,20H,4-6,10-11H2,1H3. The van der Waals surface area contributed by atoms with E-state index in [0.717, 1.165) is 16.0 Å². The Bertz CT molecular complexity index is 1490. The predicted octanol–water partition coefficient (Wildman–Crippen LogP) is 4.47. The van der Waals surface area contributed by atoms with Crippen LogP contribution in [0.2, 0.25) is 0 Å². The van der Waals surface area contributed by atoms with E-state index in [1.165, 1.54) is 16.5 Å². The van der Waals surface area contributed by atoms with Crippen molar-refractivity contribution in [3.05, 3.63) is 79.4 Å². The lowest BCUT2D eigenvalue weighted by atomic mass is 9.92. The second kappa shape index (κ2) is 8.30. The third kappa shape index (κ3) is 3.62. The number of hydrogen-bond donors (Lipinski definition) is 0. The fraction of sp³-hybridized carbons (Fsp3) is 0.333. The van der Waals surface area contributed by atoms with Crippen LogP contribution in [-0.4, -0.2) is 26.0 Å². The summed E-state index contributed by atoms with van der Waals surface area (Å²) in [5, 5.41) is 0.965. The number of aryl methyl sites for hydroxylation is 1. The van der Waals surface area contributed by atoms with Crippen molar-refractivity contribution in [2.24, 2.45) is 0 Å². The zero-order chi connectivity index (χ0) is 23.4. The van der Waals surface area contributed by atoms with Gasteiger partial charge in [-0.25, -0.2) is 23.7 Å². The van der Waals surface area contributed by atoms with Gasteiger partial charge in [-0.15, -0.1) is 11.3 Å². The molecular formula is C24H20F2N4O3S. The van der Waals surface area contributed by atoms with Crippen molar-refractivity contribution in [2.45, 2.75) is 45.0 Å². The first-order chi connectivity index (χ1) is 16.5. The van der Waals surface area contributed by atoms with Crippen molar-refractivity contribution in [3.63, 3.8) is 0 Å². The van der Waals surface area contributed by atoms with Gasteiger partial charge in [0.25, 0.3) is 5.56 Å². The first-order valence-corrected chi connectivity index (χ1v) is 11.8. The van der Waals surface area contributed by atoms with E-state index in [4.69, 9.17) is 14.5 Å². The van der Waals surface area contributed by atoms with Crippen molar-refractivity contribution < 1.29 is 18.3 Å². The molecule has 2 aliphatic rings. The van der Waals surface area contributed by atoms with E-state index in [2.05, 4.69) is 9.97 Å². The summed E-state index contributed by atoms with van der Waals surface area (Å²) in [7, 11) is 0. The molecule has 0 saturated carbocycles. The zero-order valence-corrected chi connectivity index (χ0v) is 19.1. The summed E-state index contributed by atoms with van der Waals surface area (Å²) in [4.78, 5) is 28.1. The van der Waals surface area contributed by atoms with Crippen LogP contribution in [-0.2, 0) is 22.7 Å². The molecule has 34 heavy (non-hydrogen) atoms. The smallest absolute Gasteiger partial charge is 0.263 e. The van der Waals surface area contributed by atoms with E-state index in [-0.39, 0.29) is 47.7 Å². The van der Waals surface area contributed by atoms with Crippen LogP contribution in [0.3, 0.4) is 0 Å². The minimum absolute atomic E-state index is 0.0239. The van der Waals surface area contributed by atoms with E-state index >= 15 is 0 Å². The number of aromatic nitrogens is 4. The minimum atomic E-state index is -0.762. The number of thiazole rings is 1. The number of ether oxygens (including phenoxy) is 2. The predicted molar refractivity (Wildman–Crippen MR) is 121 cm³/mol. The van der Waals surface area contributed by atoms with Gasteiger partial charge in [-0.1, -0.05) is 0 Å². The Morgan fingerprint density at radius 2 is 2.09 bits per heavy atom. The topological polar surface area (TPSA) is 78.6 Å². The Labute approximate surface area is 197 Å². The second-order valence-electron chi connectivity index (χ2n) is 8.53. The fourth-order valence-corrected chi connectivity index (χ4v) is 5.45. The van der Waals surface area contributed by atoms with E-state index in [1.807, 2.05) is 13.1 Å². The van der Waals surface area contributed by atoms with Crippen LogP contribution >= 0.6 is 11.3 Å². The third-order valence-corrected chi connectivity index (χ3v) is 7.34. The summed E-state index contributed by atoms with van der Waals surface area (Å²) >= 11 is 1.59. The SMILES string of the molecule is Cc1ncc(C2CC(c3cn4c(=O)c5c(nc4c(-c4ccc(F)cc4F)n3)COC5)CCO2)s1. The number of halogens is 2. The van der Waals surface area contributed by atoms with Gasteiger partial charge >= 0.3 is 0 Å². The molecule has 2 unspecified atom stereocenters. The third-order valence-electron chi connectivity index (χ3n) is 6.34. The highest BCUT2D eigenvalue weighted by molar-refractivity contribution is 7.11. The number of benzene rings is 1. The Morgan fingerprint density at radius 1 is 1.21 bits per heavy atom. The van der Waals surface area contributed by atoms with Crippen LogP contribution < -0.4 is 5.56 Å². The molecule has 174 valence electrons. The molecule has 0 N–H and O–H groups in total. The lowest BCUT2D eigenvalue weighted by molar-refractivity contribution is 0.00665. The van der Waals surface area contributed by atoms with Crippen molar-refractivity contribution in [1.82, 2.24) is 19.4 Å². The molecule has 0 bridgehead atoms. The van der Waals surface area contributed by atoms with Gasteiger partial charge in [0.05, 0.1) is 46.2 Å². The molecule has 0 radical (unpaired) electrons. The first kappa shape index (κ1) is 21.5. The summed E-state index contributed by atoms with van der Waals surface area (Å²) < 4.78 is 41.3. The van der Waals surface area contributed by atoms with Crippen LogP contribution in [0.4, 0.5) is 8.78 Å². The molecule has 2 atom stereocenters. The second-order valence-corrected chi connectivity index (χ2v) is 9.80. The summed E-state index contributed by atoms with van der Waals surface area (Å²) in [5.74, 6) is -1.47. The fourth-order valence-electron chi connectivity index (χ4n) is 4.60. The molecule has 1 aromatic carbocycles. The van der Waals surface area contributed by atoms with Crippen LogP contribution in [0.25, 0.3) is 16.9 Å². The van der Waals surface area contributed by atoms with Gasteiger partial charge in [0.2, 0.25) is 0 Å². The van der Waals surface area contributed by atoms with Gasteiger partial charge < -0.3 is 9.47 Å². The highest BCUT2D eigenvalue weighted by Gasteiger charge is 2.30. The maximum Gasteiger partial charge on any atom is 0.263 e. The largest absolute Gasteiger partial charge is 0.373 e. The molecule has 4 aromatic rings. The molecule has 0 aliphatic carbocycles. The number of nitrogens with zero attached hydrogens (tertiary/aromatic N) is 4. The molecule has 0 spiro atoms. The van der Waals surface area contributed by atoms with Crippen molar-refractivity contribution in [3.8, 4) is 11.3 Å². The quantitative estimate of drug-likeness (QED) is 0.429. The Balaban J connectivity index is 1.52. The van der Waals surface area contributed by atoms with Crippen LogP contribution in [0.15, 0.2) is 35.4 Å². The molecule has 3 aromatic heterocycles. The average Bonchev–Trinajstić information content (AvgIpc) is 3.48. The molecule has 2 aliphatic heterocycles. The molecule has 1 fully saturated rings. The van der Waals surface area contributed by atoms with Crippen molar-refractivity contribution in [1.29, 1.82) is 0 Å². The Kier molecular flexibility index (Phi) is 5.23. The lowest BCUT2D eigenvalue weighted by Gasteiger charge is -2.29. The molecule has 7 nitrogen and oxygen atoms in total. The van der Waals surface area contributed by atoms with E-state index in [0.29, 0.717) is 36.4 Å². The number of rotatable bonds is 3. The van der Waals surface area contributed by atoms with Crippen molar-refractivity contribution in [2.75, 3.05) is 6.61 Å². The van der Waals surface area contributed by atoms with E-state index < -0.39 is 11.6 Å². The van der Waals surface area contributed by atoms with Gasteiger partial charge in [0, 0.05) is 36.5 Å². The Morgan fingerprint density at radius 3 is 2.88 bits per heavy atom. The molecule has 10 heteroatoms. The highest BCUT2D eigenvalue weighted by atomic mass is 32.1. The maximum atomic E-state index is 14.9. The minimum Gasteiger partial charge on any atom is -0.373 e. The average molecular weight is 483 g/mol. The van der Waals surface area contributed by atoms with Gasteiger partial charge in [-0.05, 0) is 31.9 Å². The summed E-state index contributed by atoms with van der Waals surface area (Å²) in [6.07, 6.45) is 4.75. The highest BCUT2D eigenvalue weighted by Crippen LogP contribution is 2.39. The zero-order valence-electron chi connectivity index (χ0n) is 18.3. The maximum absolute atomic E-state index is 14.9. The van der Waals surface area contributed by atoms with Gasteiger partial charge in [0.1, 0.15) is 17.3 Å². The first-order valence-electron chi connectivity index (χ1n) is 11.0. The van der Waals surface area contributed by atoms with E-state index in [1.54, 1.807) is 17.5 Å². The van der Waals surface area contributed by atoms with Gasteiger partial charge in [-0.2, -0.15) is 0 Å². The molecule has 6 rings (SSSR count). The normalized spacial score (nSPS) is 20.1.